The number of carbonyl (C=O) groups excluding carboxylic acids is 2. The molecule has 0 atom stereocenters. The zero-order valence-electron chi connectivity index (χ0n) is 19.5. The number of esters is 1. The fourth-order valence-corrected chi connectivity index (χ4v) is 3.65. The van der Waals surface area contributed by atoms with Gasteiger partial charge < -0.3 is 19.7 Å². The molecule has 0 bridgehead atoms. The van der Waals surface area contributed by atoms with Gasteiger partial charge in [-0.2, -0.15) is 5.26 Å². The van der Waals surface area contributed by atoms with Crippen molar-refractivity contribution in [1.29, 1.82) is 5.26 Å². The maximum absolute atomic E-state index is 12.4. The highest BCUT2D eigenvalue weighted by molar-refractivity contribution is 7.89. The van der Waals surface area contributed by atoms with Crippen LogP contribution in [0.25, 0.3) is 6.08 Å². The van der Waals surface area contributed by atoms with Crippen molar-refractivity contribution in [2.45, 2.75) is 4.90 Å². The van der Waals surface area contributed by atoms with Crippen molar-refractivity contribution in [1.82, 2.24) is 4.31 Å². The molecule has 0 radical (unpaired) electrons. The minimum atomic E-state index is -3.74. The summed E-state index contributed by atoms with van der Waals surface area (Å²) in [7, 11) is 4.16. The van der Waals surface area contributed by atoms with Gasteiger partial charge in [0.05, 0.1) is 17.7 Å². The molecule has 0 saturated heterocycles. The van der Waals surface area contributed by atoms with Gasteiger partial charge >= 0.3 is 5.97 Å². The van der Waals surface area contributed by atoms with Crippen molar-refractivity contribution < 1.29 is 27.5 Å². The van der Waals surface area contributed by atoms with Crippen LogP contribution in [0.2, 0.25) is 0 Å². The number of benzene rings is 2. The number of amides is 1. The molecule has 0 aliphatic carbocycles. The summed E-state index contributed by atoms with van der Waals surface area (Å²) in [5, 5.41) is 11.8. The van der Waals surface area contributed by atoms with Crippen molar-refractivity contribution in [3.05, 3.63) is 53.6 Å². The monoisotopic (exact) mass is 486 g/mol. The summed E-state index contributed by atoms with van der Waals surface area (Å²) in [6.45, 7) is -0.689. The molecule has 2 rings (SSSR count). The molecule has 1 N–H and O–H groups in total. The van der Waals surface area contributed by atoms with Crippen molar-refractivity contribution in [2.75, 3.05) is 52.1 Å². The van der Waals surface area contributed by atoms with Crippen molar-refractivity contribution in [2.24, 2.45) is 0 Å². The van der Waals surface area contributed by atoms with E-state index in [0.29, 0.717) is 5.56 Å². The lowest BCUT2D eigenvalue weighted by atomic mass is 10.1. The molecule has 0 heterocycles. The number of anilines is 2. The summed E-state index contributed by atoms with van der Waals surface area (Å²) < 4.78 is 35.9. The lowest BCUT2D eigenvalue weighted by molar-refractivity contribution is -0.142. The summed E-state index contributed by atoms with van der Waals surface area (Å²) in [6, 6.07) is 12.9. The topological polar surface area (TPSA) is 129 Å². The van der Waals surface area contributed by atoms with Gasteiger partial charge in [0.2, 0.25) is 10.0 Å². The molecule has 180 valence electrons. The second kappa shape index (κ2) is 11.3. The Morgan fingerprint density at radius 1 is 1.09 bits per heavy atom. The van der Waals surface area contributed by atoms with Crippen LogP contribution in [-0.2, 0) is 24.3 Å². The first-order valence-corrected chi connectivity index (χ1v) is 11.4. The standard InChI is InChI=1S/C23H26N4O6S/c1-26(2)18-8-6-16(7-9-18)12-17(14-24)23(29)33-15-22(28)25-20-13-19(10-11-21(20)32-5)34(30,31)27(3)4/h6-13H,15H2,1-5H3,(H,25,28)/b17-12+. The lowest BCUT2D eigenvalue weighted by Gasteiger charge is -2.15. The summed E-state index contributed by atoms with van der Waals surface area (Å²) in [6.07, 6.45) is 1.36. The molecule has 2 aromatic carbocycles. The second-order valence-electron chi connectivity index (χ2n) is 7.43. The van der Waals surface area contributed by atoms with Crippen LogP contribution in [0.4, 0.5) is 11.4 Å². The van der Waals surface area contributed by atoms with Gasteiger partial charge in [0, 0.05) is 33.9 Å². The van der Waals surface area contributed by atoms with Crippen LogP contribution in [-0.4, -0.2) is 66.5 Å². The van der Waals surface area contributed by atoms with Crippen LogP contribution in [0.15, 0.2) is 52.9 Å². The third kappa shape index (κ3) is 6.57. The van der Waals surface area contributed by atoms with Gasteiger partial charge in [-0.15, -0.1) is 0 Å². The van der Waals surface area contributed by atoms with Crippen LogP contribution < -0.4 is 15.0 Å². The Morgan fingerprint density at radius 3 is 2.26 bits per heavy atom. The van der Waals surface area contributed by atoms with E-state index >= 15 is 0 Å². The Kier molecular flexibility index (Phi) is 8.77. The molecule has 0 saturated carbocycles. The normalized spacial score (nSPS) is 11.5. The van der Waals surface area contributed by atoms with Crippen LogP contribution in [0.3, 0.4) is 0 Å². The fourth-order valence-electron chi connectivity index (χ4n) is 2.72. The predicted octanol–water partition coefficient (Wildman–Crippen LogP) is 2.10. The van der Waals surface area contributed by atoms with E-state index in [1.807, 2.05) is 31.1 Å². The van der Waals surface area contributed by atoms with Gasteiger partial charge in [-0.1, -0.05) is 12.1 Å². The molecule has 11 heteroatoms. The van der Waals surface area contributed by atoms with E-state index in [1.54, 1.807) is 18.2 Å². The van der Waals surface area contributed by atoms with Gasteiger partial charge in [0.1, 0.15) is 17.4 Å². The van der Waals surface area contributed by atoms with Crippen LogP contribution in [0.1, 0.15) is 5.56 Å². The first-order chi connectivity index (χ1) is 16.0. The Balaban J connectivity index is 2.10. The first kappa shape index (κ1) is 26.4. The molecule has 1 amide bonds. The quantitative estimate of drug-likeness (QED) is 0.324. The van der Waals surface area contributed by atoms with Crippen LogP contribution in [0, 0.1) is 11.3 Å². The molecular formula is C23H26N4O6S. The van der Waals surface area contributed by atoms with Gasteiger partial charge in [0.15, 0.2) is 6.61 Å². The summed E-state index contributed by atoms with van der Waals surface area (Å²) in [5.74, 6) is -1.49. The maximum Gasteiger partial charge on any atom is 0.349 e. The van der Waals surface area contributed by atoms with Gasteiger partial charge in [-0.3, -0.25) is 4.79 Å². The number of ether oxygens (including phenoxy) is 2. The van der Waals surface area contributed by atoms with Crippen molar-refractivity contribution in [3.8, 4) is 11.8 Å². The van der Waals surface area contributed by atoms with E-state index in [9.17, 15) is 23.3 Å². The third-order valence-electron chi connectivity index (χ3n) is 4.62. The molecule has 0 fully saturated rings. The van der Waals surface area contributed by atoms with E-state index < -0.39 is 28.5 Å². The SMILES string of the molecule is COc1ccc(S(=O)(=O)N(C)C)cc1NC(=O)COC(=O)/C(C#N)=C/c1ccc(N(C)C)cc1. The minimum absolute atomic E-state index is 0.0550. The van der Waals surface area contributed by atoms with Crippen molar-refractivity contribution in [3.63, 3.8) is 0 Å². The second-order valence-corrected chi connectivity index (χ2v) is 9.58. The zero-order chi connectivity index (χ0) is 25.5. The van der Waals surface area contributed by atoms with Gasteiger partial charge in [0.25, 0.3) is 5.91 Å². The van der Waals surface area contributed by atoms with E-state index in [0.717, 1.165) is 9.99 Å². The van der Waals surface area contributed by atoms with Gasteiger partial charge in [-0.05, 0) is 42.0 Å². The number of hydrogen-bond acceptors (Lipinski definition) is 8. The highest BCUT2D eigenvalue weighted by atomic mass is 32.2. The number of nitrogens with zero attached hydrogens (tertiary/aromatic N) is 3. The third-order valence-corrected chi connectivity index (χ3v) is 6.43. The van der Waals surface area contributed by atoms with E-state index in [1.165, 1.54) is 45.5 Å². The lowest BCUT2D eigenvalue weighted by Crippen LogP contribution is -2.23. The molecule has 10 nitrogen and oxygen atoms in total. The van der Waals surface area contributed by atoms with Crippen LogP contribution >= 0.6 is 0 Å². The largest absolute Gasteiger partial charge is 0.495 e. The van der Waals surface area contributed by atoms with Crippen molar-refractivity contribution >= 4 is 39.4 Å². The average molecular weight is 487 g/mol. The molecule has 0 aliphatic heterocycles. The Hall–Kier alpha value is -3.88. The minimum Gasteiger partial charge on any atom is -0.495 e. The fraction of sp³-hybridized carbons (Fsp3) is 0.261. The number of rotatable bonds is 9. The molecule has 0 aliphatic rings. The van der Waals surface area contributed by atoms with E-state index in [4.69, 9.17) is 9.47 Å². The summed E-state index contributed by atoms with van der Waals surface area (Å²) in [5.41, 5.74) is 1.38. The summed E-state index contributed by atoms with van der Waals surface area (Å²) >= 11 is 0. The smallest absolute Gasteiger partial charge is 0.349 e. The Morgan fingerprint density at radius 2 is 1.74 bits per heavy atom. The predicted molar refractivity (Wildman–Crippen MR) is 128 cm³/mol. The molecule has 0 spiro atoms. The highest BCUT2D eigenvalue weighted by Crippen LogP contribution is 2.28. The highest BCUT2D eigenvalue weighted by Gasteiger charge is 2.20. The van der Waals surface area contributed by atoms with Crippen LogP contribution in [0.5, 0.6) is 5.75 Å². The summed E-state index contributed by atoms with van der Waals surface area (Å²) in [4.78, 5) is 26.5. The Bertz CT molecular complexity index is 1230. The van der Waals surface area contributed by atoms with Gasteiger partial charge in [-0.25, -0.2) is 17.5 Å². The molecule has 34 heavy (non-hydrogen) atoms. The number of hydrogen-bond donors (Lipinski definition) is 1. The maximum atomic E-state index is 12.4. The molecule has 0 aromatic heterocycles. The zero-order valence-corrected chi connectivity index (χ0v) is 20.3. The Labute approximate surface area is 199 Å². The molecule has 0 unspecified atom stereocenters. The number of sulfonamides is 1. The first-order valence-electron chi connectivity index (χ1n) is 9.96. The molecule has 2 aromatic rings. The van der Waals surface area contributed by atoms with E-state index in [-0.39, 0.29) is 21.9 Å². The number of methoxy groups -OCH3 is 1. The van der Waals surface area contributed by atoms with E-state index in [2.05, 4.69) is 5.32 Å². The number of nitriles is 1. The average Bonchev–Trinajstić information content (AvgIpc) is 2.81. The number of carbonyl (C=O) groups is 2. The molecular weight excluding hydrogens is 460 g/mol. The number of nitrogens with one attached hydrogen (secondary N) is 1.